The summed E-state index contributed by atoms with van der Waals surface area (Å²) in [6.45, 7) is 2.22. The Kier molecular flexibility index (Phi) is 16.5. The number of unbranched alkanes of at least 4 members (excludes halogenated alkanes) is 10. The van der Waals surface area contributed by atoms with Crippen molar-refractivity contribution in [1.29, 1.82) is 0 Å². The van der Waals surface area contributed by atoms with Crippen LogP contribution in [0, 0.1) is 0 Å². The Balaban J connectivity index is 3.37. The molecule has 3 heteroatoms. The summed E-state index contributed by atoms with van der Waals surface area (Å²) in [5.74, 6) is 2.05. The Morgan fingerprint density at radius 1 is 0.739 bits per heavy atom. The third kappa shape index (κ3) is 15.6. The molecule has 0 unspecified atom stereocenters. The Morgan fingerprint density at radius 3 is 1.61 bits per heavy atom. The van der Waals surface area contributed by atoms with Crippen LogP contribution in [0.15, 0.2) is 5.57 Å². The van der Waals surface area contributed by atoms with E-state index in [1.54, 1.807) is 0 Å². The van der Waals surface area contributed by atoms with Gasteiger partial charge in [0.2, 0.25) is 0 Å². The zero-order chi connectivity index (χ0) is 17.2. The second-order valence-electron chi connectivity index (χ2n) is 6.42. The molecule has 0 heterocycles. The SMILES string of the molecule is CCCCCCCC(=C=O)CCCCCCCCCC(=O)OC. The van der Waals surface area contributed by atoms with Gasteiger partial charge in [-0.15, -0.1) is 0 Å². The molecule has 3 nitrogen and oxygen atoms in total. The normalized spacial score (nSPS) is 10.3. The molecule has 0 amide bonds. The van der Waals surface area contributed by atoms with Crippen molar-refractivity contribution in [3.05, 3.63) is 5.57 Å². The van der Waals surface area contributed by atoms with E-state index in [-0.39, 0.29) is 5.97 Å². The number of methoxy groups -OCH3 is 1. The molecule has 134 valence electrons. The van der Waals surface area contributed by atoms with Crippen LogP contribution in [0.2, 0.25) is 0 Å². The topological polar surface area (TPSA) is 43.4 Å². The van der Waals surface area contributed by atoms with Crippen LogP contribution in [0.25, 0.3) is 0 Å². The average Bonchev–Trinajstić information content (AvgIpc) is 2.57. The van der Waals surface area contributed by atoms with Gasteiger partial charge >= 0.3 is 5.97 Å². The maximum atomic E-state index is 10.9. The van der Waals surface area contributed by atoms with E-state index in [0.717, 1.165) is 44.1 Å². The van der Waals surface area contributed by atoms with Gasteiger partial charge in [-0.2, -0.15) is 0 Å². The van der Waals surface area contributed by atoms with Crippen LogP contribution in [0.5, 0.6) is 0 Å². The molecule has 0 aliphatic carbocycles. The number of hydrogen-bond donors (Lipinski definition) is 0. The first-order valence-corrected chi connectivity index (χ1v) is 9.54. The number of esters is 1. The van der Waals surface area contributed by atoms with Crippen molar-refractivity contribution in [1.82, 2.24) is 0 Å². The number of allylic oxidation sites excluding steroid dienone is 1. The van der Waals surface area contributed by atoms with Gasteiger partial charge in [0.05, 0.1) is 7.11 Å². The predicted molar refractivity (Wildman–Crippen MR) is 96.2 cm³/mol. The first kappa shape index (κ1) is 21.9. The summed E-state index contributed by atoms with van der Waals surface area (Å²) < 4.78 is 4.62. The number of hydrogen-bond acceptors (Lipinski definition) is 3. The highest BCUT2D eigenvalue weighted by Crippen LogP contribution is 2.16. The molecule has 0 atom stereocenters. The fourth-order valence-corrected chi connectivity index (χ4v) is 2.76. The molecule has 0 aliphatic rings. The lowest BCUT2D eigenvalue weighted by Crippen LogP contribution is -1.99. The molecule has 0 radical (unpaired) electrons. The van der Waals surface area contributed by atoms with Gasteiger partial charge in [0.15, 0.2) is 0 Å². The van der Waals surface area contributed by atoms with Crippen molar-refractivity contribution in [2.45, 2.75) is 103 Å². The highest BCUT2D eigenvalue weighted by atomic mass is 16.5. The average molecular weight is 325 g/mol. The molecule has 0 aliphatic heterocycles. The molecule has 0 bridgehead atoms. The van der Waals surface area contributed by atoms with Crippen molar-refractivity contribution in [2.24, 2.45) is 0 Å². The molecule has 0 N–H and O–H groups in total. The van der Waals surface area contributed by atoms with Crippen LogP contribution < -0.4 is 0 Å². The monoisotopic (exact) mass is 324 g/mol. The molecular formula is C20H36O3. The molecular weight excluding hydrogens is 288 g/mol. The number of carbonyl (C=O) groups excluding carboxylic acids is 2. The van der Waals surface area contributed by atoms with Crippen LogP contribution >= 0.6 is 0 Å². The first-order chi connectivity index (χ1) is 11.2. The van der Waals surface area contributed by atoms with E-state index >= 15 is 0 Å². The lowest BCUT2D eigenvalue weighted by atomic mass is 10.0. The van der Waals surface area contributed by atoms with Crippen molar-refractivity contribution < 1.29 is 14.3 Å². The first-order valence-electron chi connectivity index (χ1n) is 9.54. The van der Waals surface area contributed by atoms with Crippen molar-refractivity contribution in [3.8, 4) is 0 Å². The van der Waals surface area contributed by atoms with E-state index < -0.39 is 0 Å². The van der Waals surface area contributed by atoms with Gasteiger partial charge < -0.3 is 4.74 Å². The molecule has 0 rings (SSSR count). The number of carbonyl (C=O) groups is 1. The second kappa shape index (κ2) is 17.3. The quantitative estimate of drug-likeness (QED) is 0.205. The lowest BCUT2D eigenvalue weighted by molar-refractivity contribution is -0.140. The molecule has 23 heavy (non-hydrogen) atoms. The van der Waals surface area contributed by atoms with Gasteiger partial charge in [-0.05, 0) is 32.1 Å². The van der Waals surface area contributed by atoms with Crippen LogP contribution in [0.1, 0.15) is 103 Å². The minimum atomic E-state index is -0.104. The standard InChI is InChI=1S/C20H36O3/c1-3-4-5-9-12-15-19(18-21)16-13-10-7-6-8-11-14-17-20(22)23-2/h3-17H2,1-2H3. The molecule has 0 aromatic carbocycles. The summed E-state index contributed by atoms with van der Waals surface area (Å²) >= 11 is 0. The summed E-state index contributed by atoms with van der Waals surface area (Å²) in [6.07, 6.45) is 16.6. The van der Waals surface area contributed by atoms with E-state index in [4.69, 9.17) is 0 Å². The predicted octanol–water partition coefficient (Wildman–Crippen LogP) is 5.79. The smallest absolute Gasteiger partial charge is 0.305 e. The van der Waals surface area contributed by atoms with Crippen LogP contribution in [0.3, 0.4) is 0 Å². The Hall–Kier alpha value is -1.08. The van der Waals surface area contributed by atoms with E-state index in [9.17, 15) is 9.59 Å². The molecule has 0 aromatic rings. The fourth-order valence-electron chi connectivity index (χ4n) is 2.76. The summed E-state index contributed by atoms with van der Waals surface area (Å²) in [5, 5.41) is 0. The van der Waals surface area contributed by atoms with E-state index in [2.05, 4.69) is 17.6 Å². The van der Waals surface area contributed by atoms with Crippen molar-refractivity contribution in [2.75, 3.05) is 7.11 Å². The van der Waals surface area contributed by atoms with Crippen molar-refractivity contribution >= 4 is 11.9 Å². The summed E-state index contributed by atoms with van der Waals surface area (Å²) in [5.41, 5.74) is 0.986. The zero-order valence-corrected chi connectivity index (χ0v) is 15.3. The Morgan fingerprint density at radius 2 is 1.17 bits per heavy atom. The molecule has 0 saturated carbocycles. The van der Waals surface area contributed by atoms with Gasteiger partial charge in [0.1, 0.15) is 5.94 Å². The van der Waals surface area contributed by atoms with Crippen LogP contribution in [0.4, 0.5) is 0 Å². The summed E-state index contributed by atoms with van der Waals surface area (Å²) in [4.78, 5) is 21.9. The highest BCUT2D eigenvalue weighted by Gasteiger charge is 2.01. The molecule has 0 aromatic heterocycles. The largest absolute Gasteiger partial charge is 0.469 e. The van der Waals surface area contributed by atoms with E-state index in [1.807, 2.05) is 0 Å². The maximum Gasteiger partial charge on any atom is 0.305 e. The number of ether oxygens (including phenoxy) is 1. The molecule has 0 fully saturated rings. The van der Waals surface area contributed by atoms with Gasteiger partial charge in [-0.3, -0.25) is 4.79 Å². The minimum absolute atomic E-state index is 0.104. The van der Waals surface area contributed by atoms with Crippen molar-refractivity contribution in [3.63, 3.8) is 0 Å². The second-order valence-corrected chi connectivity index (χ2v) is 6.42. The van der Waals surface area contributed by atoms with Gasteiger partial charge in [0, 0.05) is 12.0 Å². The van der Waals surface area contributed by atoms with Gasteiger partial charge in [0.25, 0.3) is 0 Å². The zero-order valence-electron chi connectivity index (χ0n) is 15.3. The molecule has 0 saturated heterocycles. The minimum Gasteiger partial charge on any atom is -0.469 e. The van der Waals surface area contributed by atoms with Gasteiger partial charge in [-0.25, -0.2) is 4.79 Å². The molecule has 0 spiro atoms. The Bertz CT molecular complexity index is 330. The van der Waals surface area contributed by atoms with Crippen LogP contribution in [-0.4, -0.2) is 19.0 Å². The Labute approximate surface area is 142 Å². The number of rotatable bonds is 16. The maximum absolute atomic E-state index is 10.9. The summed E-state index contributed by atoms with van der Waals surface area (Å²) in [7, 11) is 1.44. The highest BCUT2D eigenvalue weighted by molar-refractivity contribution is 5.68. The summed E-state index contributed by atoms with van der Waals surface area (Å²) in [6, 6.07) is 0. The van der Waals surface area contributed by atoms with Crippen LogP contribution in [-0.2, 0) is 14.3 Å². The third-order valence-corrected chi connectivity index (χ3v) is 4.31. The van der Waals surface area contributed by atoms with E-state index in [0.29, 0.717) is 6.42 Å². The lowest BCUT2D eigenvalue weighted by Gasteiger charge is -2.04. The van der Waals surface area contributed by atoms with E-state index in [1.165, 1.54) is 58.5 Å². The van der Waals surface area contributed by atoms with Gasteiger partial charge in [-0.1, -0.05) is 64.7 Å². The third-order valence-electron chi connectivity index (χ3n) is 4.31. The fraction of sp³-hybridized carbons (Fsp3) is 0.850.